The van der Waals surface area contributed by atoms with Crippen LogP contribution in [-0.2, 0) is 13.6 Å². The van der Waals surface area contributed by atoms with Gasteiger partial charge in [-0.15, -0.1) is 0 Å². The van der Waals surface area contributed by atoms with Gasteiger partial charge >= 0.3 is 0 Å². The Morgan fingerprint density at radius 3 is 2.87 bits per heavy atom. The Hall–Kier alpha value is -2.84. The summed E-state index contributed by atoms with van der Waals surface area (Å²) in [4.78, 5) is 4.17. The van der Waals surface area contributed by atoms with Crippen LogP contribution in [0.3, 0.4) is 0 Å². The first kappa shape index (κ1) is 15.1. The number of nitriles is 1. The third-order valence-electron chi connectivity index (χ3n) is 3.39. The number of nitrogens with zero attached hydrogens (tertiary/aromatic N) is 4. The smallest absolute Gasteiger partial charge is 0.161 e. The number of pyridine rings is 1. The summed E-state index contributed by atoms with van der Waals surface area (Å²) >= 11 is 5.88. The Labute approximate surface area is 139 Å². The van der Waals surface area contributed by atoms with Crippen molar-refractivity contribution < 1.29 is 0 Å². The molecule has 0 unspecified atom stereocenters. The highest BCUT2D eigenvalue weighted by Gasteiger charge is 2.04. The maximum absolute atomic E-state index is 8.96. The van der Waals surface area contributed by atoms with E-state index in [2.05, 4.69) is 27.5 Å². The number of hydrogen-bond acceptors (Lipinski definition) is 4. The lowest BCUT2D eigenvalue weighted by molar-refractivity contribution is 0.768. The molecule has 1 aromatic carbocycles. The summed E-state index contributed by atoms with van der Waals surface area (Å²) in [7, 11) is 1.90. The van der Waals surface area contributed by atoms with E-state index >= 15 is 0 Å². The van der Waals surface area contributed by atoms with Crippen molar-refractivity contribution in [2.24, 2.45) is 7.05 Å². The van der Waals surface area contributed by atoms with Crippen molar-refractivity contribution in [3.63, 3.8) is 0 Å². The zero-order chi connectivity index (χ0) is 16.2. The zero-order valence-electron chi connectivity index (χ0n) is 12.5. The van der Waals surface area contributed by atoms with Gasteiger partial charge in [0.2, 0.25) is 0 Å². The molecule has 0 bridgehead atoms. The number of halogens is 1. The van der Waals surface area contributed by atoms with Gasteiger partial charge in [-0.1, -0.05) is 29.8 Å². The molecule has 3 aromatic rings. The average molecular weight is 324 g/mol. The molecule has 6 heteroatoms. The molecule has 23 heavy (non-hydrogen) atoms. The summed E-state index contributed by atoms with van der Waals surface area (Å²) in [5, 5.41) is 16.7. The third-order valence-corrected chi connectivity index (χ3v) is 3.70. The molecule has 114 valence electrons. The van der Waals surface area contributed by atoms with Crippen LogP contribution in [0.1, 0.15) is 11.3 Å². The maximum Gasteiger partial charge on any atom is 0.161 e. The molecule has 1 N–H and O–H groups in total. The maximum atomic E-state index is 8.96. The second-order valence-electron chi connectivity index (χ2n) is 5.10. The standard InChI is InChI=1S/C17H14ClN5/c1-23-11-14(10-21-23)13-4-2-3-12(7-13)9-20-17-6-5-15(18)16(8-19)22-17/h2-7,10-11H,9H2,1H3,(H,20,22). The van der Waals surface area contributed by atoms with Crippen molar-refractivity contribution in [3.05, 3.63) is 65.1 Å². The van der Waals surface area contributed by atoms with E-state index in [4.69, 9.17) is 16.9 Å². The first-order valence-corrected chi connectivity index (χ1v) is 7.42. The fourth-order valence-electron chi connectivity index (χ4n) is 2.24. The highest BCUT2D eigenvalue weighted by molar-refractivity contribution is 6.31. The normalized spacial score (nSPS) is 10.3. The number of hydrogen-bond donors (Lipinski definition) is 1. The summed E-state index contributed by atoms with van der Waals surface area (Å²) in [5.41, 5.74) is 3.52. The second kappa shape index (κ2) is 6.51. The Bertz CT molecular complexity index is 879. The van der Waals surface area contributed by atoms with Gasteiger partial charge in [0.1, 0.15) is 11.9 Å². The van der Waals surface area contributed by atoms with Crippen LogP contribution in [0.15, 0.2) is 48.8 Å². The molecular formula is C17H14ClN5. The minimum atomic E-state index is 0.223. The van der Waals surface area contributed by atoms with Crippen molar-refractivity contribution in [3.8, 4) is 17.2 Å². The molecule has 5 nitrogen and oxygen atoms in total. The molecule has 0 aliphatic rings. The number of anilines is 1. The molecule has 0 aliphatic carbocycles. The second-order valence-corrected chi connectivity index (χ2v) is 5.50. The lowest BCUT2D eigenvalue weighted by Gasteiger charge is -2.08. The van der Waals surface area contributed by atoms with Gasteiger partial charge < -0.3 is 5.32 Å². The molecule has 3 rings (SSSR count). The molecule has 0 amide bonds. The molecule has 0 spiro atoms. The van der Waals surface area contributed by atoms with Crippen molar-refractivity contribution in [1.29, 1.82) is 5.26 Å². The Morgan fingerprint density at radius 2 is 2.13 bits per heavy atom. The summed E-state index contributed by atoms with van der Waals surface area (Å²) < 4.78 is 1.78. The number of rotatable bonds is 4. The molecule has 0 aliphatic heterocycles. The van der Waals surface area contributed by atoms with Gasteiger partial charge in [0, 0.05) is 25.4 Å². The van der Waals surface area contributed by atoms with E-state index in [-0.39, 0.29) is 5.69 Å². The first-order chi connectivity index (χ1) is 11.2. The highest BCUT2D eigenvalue weighted by Crippen LogP contribution is 2.20. The zero-order valence-corrected chi connectivity index (χ0v) is 13.2. The average Bonchev–Trinajstić information content (AvgIpc) is 3.01. The van der Waals surface area contributed by atoms with Crippen molar-refractivity contribution in [2.75, 3.05) is 5.32 Å². The fraction of sp³-hybridized carbons (Fsp3) is 0.118. The minimum absolute atomic E-state index is 0.223. The van der Waals surface area contributed by atoms with E-state index in [1.54, 1.807) is 16.8 Å². The quantitative estimate of drug-likeness (QED) is 0.796. The SMILES string of the molecule is Cn1cc(-c2cccc(CNc3ccc(Cl)c(C#N)n3)c2)cn1. The topological polar surface area (TPSA) is 66.5 Å². The molecule has 2 aromatic heterocycles. The van der Waals surface area contributed by atoms with Crippen LogP contribution in [0.4, 0.5) is 5.82 Å². The summed E-state index contributed by atoms with van der Waals surface area (Å²) in [6, 6.07) is 13.6. The third kappa shape index (κ3) is 3.50. The highest BCUT2D eigenvalue weighted by atomic mass is 35.5. The molecule has 0 radical (unpaired) electrons. The Morgan fingerprint density at radius 1 is 1.26 bits per heavy atom. The van der Waals surface area contributed by atoms with Gasteiger partial charge in [-0.05, 0) is 29.3 Å². The van der Waals surface area contributed by atoms with Gasteiger partial charge in [0.15, 0.2) is 5.69 Å². The molecule has 0 atom stereocenters. The van der Waals surface area contributed by atoms with E-state index in [9.17, 15) is 0 Å². The number of aromatic nitrogens is 3. The Kier molecular flexibility index (Phi) is 4.26. The summed E-state index contributed by atoms with van der Waals surface area (Å²) in [5.74, 6) is 0.623. The van der Waals surface area contributed by atoms with Gasteiger partial charge in [-0.2, -0.15) is 10.4 Å². The molecule has 2 heterocycles. The lowest BCUT2D eigenvalue weighted by atomic mass is 10.1. The van der Waals surface area contributed by atoms with Crippen LogP contribution in [0.25, 0.3) is 11.1 Å². The monoisotopic (exact) mass is 323 g/mol. The van der Waals surface area contributed by atoms with Crippen molar-refractivity contribution >= 4 is 17.4 Å². The van der Waals surface area contributed by atoms with Gasteiger partial charge in [-0.3, -0.25) is 4.68 Å². The molecule has 0 saturated carbocycles. The fourth-order valence-corrected chi connectivity index (χ4v) is 2.39. The van der Waals surface area contributed by atoms with Crippen LogP contribution >= 0.6 is 11.6 Å². The summed E-state index contributed by atoms with van der Waals surface area (Å²) in [6.07, 6.45) is 3.82. The number of nitrogens with one attached hydrogen (secondary N) is 1. The predicted octanol–water partition coefficient (Wildman–Crippen LogP) is 3.62. The van der Waals surface area contributed by atoms with Gasteiger partial charge in [0.25, 0.3) is 0 Å². The molecular weight excluding hydrogens is 310 g/mol. The van der Waals surface area contributed by atoms with Crippen molar-refractivity contribution in [1.82, 2.24) is 14.8 Å². The number of aryl methyl sites for hydroxylation is 1. The van der Waals surface area contributed by atoms with Crippen LogP contribution in [0, 0.1) is 11.3 Å². The van der Waals surface area contributed by atoms with E-state index in [1.807, 2.05) is 37.6 Å². The first-order valence-electron chi connectivity index (χ1n) is 7.04. The number of benzene rings is 1. The van der Waals surface area contributed by atoms with Crippen LogP contribution in [0.5, 0.6) is 0 Å². The van der Waals surface area contributed by atoms with Crippen LogP contribution in [-0.4, -0.2) is 14.8 Å². The Balaban J connectivity index is 1.75. The van der Waals surface area contributed by atoms with E-state index in [0.717, 1.165) is 16.7 Å². The van der Waals surface area contributed by atoms with Crippen LogP contribution < -0.4 is 5.32 Å². The lowest BCUT2D eigenvalue weighted by Crippen LogP contribution is -2.02. The van der Waals surface area contributed by atoms with Crippen LogP contribution in [0.2, 0.25) is 5.02 Å². The van der Waals surface area contributed by atoms with E-state index in [1.165, 1.54) is 0 Å². The van der Waals surface area contributed by atoms with Gasteiger partial charge in [0.05, 0.1) is 11.2 Å². The van der Waals surface area contributed by atoms with Crippen molar-refractivity contribution in [2.45, 2.75) is 6.54 Å². The molecule has 0 fully saturated rings. The summed E-state index contributed by atoms with van der Waals surface area (Å²) in [6.45, 7) is 0.605. The predicted molar refractivity (Wildman–Crippen MR) is 89.9 cm³/mol. The van der Waals surface area contributed by atoms with E-state index in [0.29, 0.717) is 17.4 Å². The molecule has 0 saturated heterocycles. The van der Waals surface area contributed by atoms with E-state index < -0.39 is 0 Å². The largest absolute Gasteiger partial charge is 0.366 e. The van der Waals surface area contributed by atoms with Gasteiger partial charge in [-0.25, -0.2) is 4.98 Å². The minimum Gasteiger partial charge on any atom is -0.366 e.